The van der Waals surface area contributed by atoms with E-state index in [1.165, 1.54) is 0 Å². The van der Waals surface area contributed by atoms with Crippen molar-refractivity contribution in [1.82, 2.24) is 0 Å². The van der Waals surface area contributed by atoms with Crippen LogP contribution in [0.1, 0.15) is 0 Å². The number of nitrogens with two attached hydrogens (primary N) is 1. The molecule has 0 spiro atoms. The number of ether oxygens (including phenoxy) is 2. The van der Waals surface area contributed by atoms with E-state index in [9.17, 15) is 35.2 Å². The molecule has 0 aromatic heterocycles. The quantitative estimate of drug-likeness (QED) is 0.0403. The number of hydrogen-bond donors (Lipinski definition) is 1. The molecule has 2 aromatic rings. The van der Waals surface area contributed by atoms with E-state index in [1.807, 2.05) is 0 Å². The minimum Gasteiger partial charge on any atom is -0.369 e. The molecule has 2 N–H and O–H groups in total. The predicted molar refractivity (Wildman–Crippen MR) is 130 cm³/mol. The van der Waals surface area contributed by atoms with Crippen molar-refractivity contribution in [3.05, 3.63) is 52.3 Å². The molecule has 2 aromatic carbocycles. The highest BCUT2D eigenvalue weighted by atomic mass is 35.5. The summed E-state index contributed by atoms with van der Waals surface area (Å²) in [7, 11) is -4.41. The smallest absolute Gasteiger partial charge is 0.243 e. The molecule has 0 fully saturated rings. The van der Waals surface area contributed by atoms with E-state index in [1.54, 1.807) is 0 Å². The van der Waals surface area contributed by atoms with Gasteiger partial charge in [0.2, 0.25) is 15.7 Å². The monoisotopic (exact) mass is 653 g/mol. The number of hydrogen-bond acceptors (Lipinski definition) is 11. The van der Waals surface area contributed by atoms with Crippen molar-refractivity contribution in [1.29, 1.82) is 0 Å². The molecule has 19 heteroatoms. The lowest BCUT2D eigenvalue weighted by Gasteiger charge is -2.13. The van der Waals surface area contributed by atoms with Crippen LogP contribution in [0, 0.1) is 29.1 Å². The van der Waals surface area contributed by atoms with Crippen LogP contribution in [-0.4, -0.2) is 79.7 Å². The van der Waals surface area contributed by atoms with Gasteiger partial charge in [-0.2, -0.15) is 0 Å². The van der Waals surface area contributed by atoms with Crippen molar-refractivity contribution in [3.63, 3.8) is 0 Å². The summed E-state index contributed by atoms with van der Waals surface area (Å²) in [6, 6.07) is 0.934. The Morgan fingerprint density at radius 1 is 0.690 bits per heavy atom. The molecule has 2 rings (SSSR count). The number of carbonyl (C=O) groups is 1. The van der Waals surface area contributed by atoms with Gasteiger partial charge in [0.15, 0.2) is 23.4 Å². The van der Waals surface area contributed by atoms with Crippen LogP contribution in [0.25, 0.3) is 11.1 Å². The maximum absolute atomic E-state index is 14.4. The predicted octanol–water partition coefficient (Wildman–Crippen LogP) is 2.80. The third-order valence-corrected chi connectivity index (χ3v) is 6.50. The lowest BCUT2D eigenvalue weighted by Crippen LogP contribution is -2.19. The molecule has 0 aliphatic carbocycles. The molecule has 0 aliphatic heterocycles. The number of rotatable bonds is 21. The van der Waals surface area contributed by atoms with Gasteiger partial charge in [-0.15, -0.1) is 0 Å². The first kappa shape index (κ1) is 35.7. The fourth-order valence-electron chi connectivity index (χ4n) is 2.85. The standard InChI is InChI=1S/C23H25ClF5NO11S/c24-15-10-16(25)14(21-17(26)11-18(27)22(28)23(21)29)9-19(15)42(32,33)13-35-2-4-37-39-6-8-41-40-7-5-38-36-3-1-34-12-20(30)31/h9-11H,1-8,12-13H2,(H2,30,31). The normalized spacial score (nSPS) is 11.8. The third kappa shape index (κ3) is 11.6. The van der Waals surface area contributed by atoms with Gasteiger partial charge in [-0.05, 0) is 12.1 Å². The molecule has 0 aliphatic rings. The van der Waals surface area contributed by atoms with Crippen molar-refractivity contribution >= 4 is 27.3 Å². The molecule has 0 bridgehead atoms. The van der Waals surface area contributed by atoms with Crippen LogP contribution < -0.4 is 5.73 Å². The SMILES string of the molecule is NC(=O)COCCOOCCOOCCOOCCOCS(=O)(=O)c1cc(-c2c(F)cc(F)c(F)c2F)c(F)cc1Cl. The summed E-state index contributed by atoms with van der Waals surface area (Å²) in [5, 5.41) is -0.643. The van der Waals surface area contributed by atoms with Crippen molar-refractivity contribution in [2.75, 3.05) is 65.4 Å². The van der Waals surface area contributed by atoms with Crippen LogP contribution in [-0.2, 0) is 53.4 Å². The van der Waals surface area contributed by atoms with Gasteiger partial charge in [-0.3, -0.25) is 4.79 Å². The van der Waals surface area contributed by atoms with Gasteiger partial charge in [-0.1, -0.05) is 11.6 Å². The molecule has 0 atom stereocenters. The van der Waals surface area contributed by atoms with E-state index < -0.39 is 71.8 Å². The fourth-order valence-corrected chi connectivity index (χ4v) is 4.47. The molecule has 0 saturated heterocycles. The van der Waals surface area contributed by atoms with E-state index in [4.69, 9.17) is 56.1 Å². The fraction of sp³-hybridized carbons (Fsp3) is 0.435. The first-order chi connectivity index (χ1) is 20.0. The first-order valence-electron chi connectivity index (χ1n) is 11.7. The topological polar surface area (TPSA) is 151 Å². The largest absolute Gasteiger partial charge is 0.369 e. The zero-order chi connectivity index (χ0) is 31.1. The summed E-state index contributed by atoms with van der Waals surface area (Å²) in [6.45, 7) is -0.703. The minimum atomic E-state index is -4.41. The average molecular weight is 654 g/mol. The second-order valence-electron chi connectivity index (χ2n) is 7.70. The Bertz CT molecular complexity index is 1290. The van der Waals surface area contributed by atoms with Gasteiger partial charge in [0.1, 0.15) is 57.9 Å². The highest BCUT2D eigenvalue weighted by Crippen LogP contribution is 2.35. The summed E-state index contributed by atoms with van der Waals surface area (Å²) in [4.78, 5) is 38.2. The van der Waals surface area contributed by atoms with Crippen LogP contribution >= 0.6 is 11.6 Å². The minimum absolute atomic E-state index is 0.00947. The van der Waals surface area contributed by atoms with Gasteiger partial charge < -0.3 is 15.2 Å². The molecule has 0 unspecified atom stereocenters. The van der Waals surface area contributed by atoms with Crippen LogP contribution in [0.5, 0.6) is 0 Å². The molecule has 1 amide bonds. The van der Waals surface area contributed by atoms with Gasteiger partial charge >= 0.3 is 0 Å². The summed E-state index contributed by atoms with van der Waals surface area (Å²) in [5.41, 5.74) is 2.56. The molecule has 0 heterocycles. The van der Waals surface area contributed by atoms with Crippen LogP contribution in [0.15, 0.2) is 23.1 Å². The maximum Gasteiger partial charge on any atom is 0.243 e. The number of carbonyl (C=O) groups excluding carboxylic acids is 1. The number of benzene rings is 2. The Hall–Kier alpha value is -2.52. The Morgan fingerprint density at radius 3 is 1.71 bits per heavy atom. The van der Waals surface area contributed by atoms with Crippen molar-refractivity contribution in [2.45, 2.75) is 4.90 Å². The van der Waals surface area contributed by atoms with E-state index in [0.717, 1.165) is 0 Å². The number of primary amides is 1. The van der Waals surface area contributed by atoms with Gasteiger partial charge in [-0.25, -0.2) is 59.7 Å². The summed E-state index contributed by atoms with van der Waals surface area (Å²) in [6.07, 6.45) is 0. The maximum atomic E-state index is 14.4. The first-order valence-corrected chi connectivity index (χ1v) is 13.7. The summed E-state index contributed by atoms with van der Waals surface area (Å²) in [5.74, 6) is -10.6. The highest BCUT2D eigenvalue weighted by molar-refractivity contribution is 7.91. The third-order valence-electron chi connectivity index (χ3n) is 4.59. The Morgan fingerprint density at radius 2 is 1.19 bits per heavy atom. The van der Waals surface area contributed by atoms with Crippen molar-refractivity contribution in [2.24, 2.45) is 5.73 Å². The molecule has 42 heavy (non-hydrogen) atoms. The Labute approximate surface area is 240 Å². The van der Waals surface area contributed by atoms with Gasteiger partial charge in [0.25, 0.3) is 0 Å². The van der Waals surface area contributed by atoms with E-state index in [2.05, 4.69) is 0 Å². The molecule has 0 saturated carbocycles. The van der Waals surface area contributed by atoms with Crippen molar-refractivity contribution < 1.29 is 74.0 Å². The van der Waals surface area contributed by atoms with Crippen LogP contribution in [0.2, 0.25) is 5.02 Å². The zero-order valence-corrected chi connectivity index (χ0v) is 23.1. The second-order valence-corrected chi connectivity index (χ2v) is 10.0. The summed E-state index contributed by atoms with van der Waals surface area (Å²) >= 11 is 5.81. The average Bonchev–Trinajstić information content (AvgIpc) is 2.92. The molecule has 12 nitrogen and oxygen atoms in total. The number of sulfone groups is 1. The van der Waals surface area contributed by atoms with E-state index in [0.29, 0.717) is 12.1 Å². The van der Waals surface area contributed by atoms with Gasteiger partial charge in [0, 0.05) is 11.6 Å². The molecule has 236 valence electrons. The van der Waals surface area contributed by atoms with Crippen molar-refractivity contribution in [3.8, 4) is 11.1 Å². The zero-order valence-electron chi connectivity index (χ0n) is 21.5. The lowest BCUT2D eigenvalue weighted by atomic mass is 10.0. The van der Waals surface area contributed by atoms with Crippen LogP contribution in [0.4, 0.5) is 22.0 Å². The van der Waals surface area contributed by atoms with E-state index in [-0.39, 0.29) is 65.5 Å². The molecular weight excluding hydrogens is 629 g/mol. The second kappa shape index (κ2) is 18.2. The molecular formula is C23H25ClF5NO11S. The van der Waals surface area contributed by atoms with E-state index >= 15 is 0 Å². The molecule has 0 radical (unpaired) electrons. The summed E-state index contributed by atoms with van der Waals surface area (Å²) < 4.78 is 105. The van der Waals surface area contributed by atoms with Crippen LogP contribution in [0.3, 0.4) is 0 Å². The van der Waals surface area contributed by atoms with Gasteiger partial charge in [0.05, 0.1) is 28.7 Å². The highest BCUT2D eigenvalue weighted by Gasteiger charge is 2.27. The number of amides is 1. The number of halogens is 6. The Kier molecular flexibility index (Phi) is 15.5. The Balaban J connectivity index is 1.66. The lowest BCUT2D eigenvalue weighted by molar-refractivity contribution is -0.360.